The van der Waals surface area contributed by atoms with Crippen LogP contribution in [0.4, 0.5) is 5.69 Å². The maximum absolute atomic E-state index is 13.7. The molecule has 0 unspecified atom stereocenters. The molecule has 5 rings (SSSR count). The van der Waals surface area contributed by atoms with E-state index in [1.807, 2.05) is 43.3 Å². The Hall–Kier alpha value is -4.15. The molecule has 4 aromatic rings. The first-order valence-corrected chi connectivity index (χ1v) is 14.9. The molecule has 218 valence electrons. The third kappa shape index (κ3) is 6.83. The summed E-state index contributed by atoms with van der Waals surface area (Å²) in [7, 11) is 1.55. The highest BCUT2D eigenvalue weighted by molar-refractivity contribution is 8.00. The summed E-state index contributed by atoms with van der Waals surface area (Å²) in [5.41, 5.74) is 2.32. The summed E-state index contributed by atoms with van der Waals surface area (Å²) in [4.78, 5) is 44.4. The van der Waals surface area contributed by atoms with Crippen molar-refractivity contribution in [2.24, 2.45) is 0 Å². The molecule has 1 fully saturated rings. The van der Waals surface area contributed by atoms with Crippen molar-refractivity contribution in [3.8, 4) is 5.75 Å². The summed E-state index contributed by atoms with van der Waals surface area (Å²) >= 11 is 1.25. The van der Waals surface area contributed by atoms with Crippen molar-refractivity contribution in [2.75, 3.05) is 25.6 Å². The van der Waals surface area contributed by atoms with Crippen LogP contribution >= 0.6 is 11.8 Å². The number of carbonyl (C=O) groups excluding carboxylic acids is 2. The Morgan fingerprint density at radius 3 is 2.60 bits per heavy atom. The topological polar surface area (TPSA) is 112 Å². The highest BCUT2D eigenvalue weighted by Crippen LogP contribution is 2.29. The number of aromatic nitrogens is 2. The van der Waals surface area contributed by atoms with Crippen molar-refractivity contribution in [3.63, 3.8) is 0 Å². The van der Waals surface area contributed by atoms with Crippen molar-refractivity contribution in [2.45, 2.75) is 49.2 Å². The van der Waals surface area contributed by atoms with Crippen LogP contribution in [0.25, 0.3) is 10.9 Å². The number of fused-ring (bicyclic) bond motifs is 1. The number of para-hydroxylation sites is 3. The van der Waals surface area contributed by atoms with Crippen molar-refractivity contribution in [3.05, 3.63) is 94.3 Å². The van der Waals surface area contributed by atoms with E-state index in [0.717, 1.165) is 25.0 Å². The molecule has 42 heavy (non-hydrogen) atoms. The van der Waals surface area contributed by atoms with E-state index in [0.29, 0.717) is 46.0 Å². The lowest BCUT2D eigenvalue weighted by Crippen LogP contribution is -2.31. The number of anilines is 1. The Bertz CT molecular complexity index is 1620. The van der Waals surface area contributed by atoms with E-state index < -0.39 is 5.25 Å². The number of thioether (sulfide) groups is 1. The van der Waals surface area contributed by atoms with E-state index in [4.69, 9.17) is 14.5 Å². The average Bonchev–Trinajstić information content (AvgIpc) is 3.55. The summed E-state index contributed by atoms with van der Waals surface area (Å²) in [5.74, 6) is 0.194. The fraction of sp³-hybridized carbons (Fsp3) is 0.312. The Labute approximate surface area is 248 Å². The van der Waals surface area contributed by atoms with Crippen LogP contribution in [0, 0.1) is 0 Å². The van der Waals surface area contributed by atoms with Crippen LogP contribution in [0.15, 0.2) is 82.7 Å². The van der Waals surface area contributed by atoms with Crippen LogP contribution in [0.2, 0.25) is 0 Å². The second kappa shape index (κ2) is 13.7. The summed E-state index contributed by atoms with van der Waals surface area (Å²) in [6.45, 7) is 3.39. The molecule has 0 bridgehead atoms. The van der Waals surface area contributed by atoms with Crippen LogP contribution in [0.1, 0.15) is 42.1 Å². The van der Waals surface area contributed by atoms with Crippen molar-refractivity contribution < 1.29 is 19.1 Å². The molecular formula is C32H34N4O5S. The van der Waals surface area contributed by atoms with Crippen LogP contribution in [0.3, 0.4) is 0 Å². The van der Waals surface area contributed by atoms with Crippen LogP contribution in [-0.4, -0.2) is 53.0 Å². The number of nitrogens with one attached hydrogen (secondary N) is 2. The minimum Gasteiger partial charge on any atom is -0.495 e. The molecule has 0 saturated carbocycles. The number of carbonyl (C=O) groups is 2. The zero-order chi connectivity index (χ0) is 29.5. The smallest absolute Gasteiger partial charge is 0.262 e. The van der Waals surface area contributed by atoms with Gasteiger partial charge >= 0.3 is 0 Å². The third-order valence-corrected chi connectivity index (χ3v) is 8.53. The Morgan fingerprint density at radius 2 is 1.86 bits per heavy atom. The molecule has 1 saturated heterocycles. The van der Waals surface area contributed by atoms with Crippen molar-refractivity contribution in [1.29, 1.82) is 0 Å². The number of methoxy groups -OCH3 is 1. The molecule has 10 heteroatoms. The molecular weight excluding hydrogens is 552 g/mol. The van der Waals surface area contributed by atoms with E-state index in [1.54, 1.807) is 48.1 Å². The largest absolute Gasteiger partial charge is 0.495 e. The van der Waals surface area contributed by atoms with Gasteiger partial charge < -0.3 is 20.1 Å². The minimum absolute atomic E-state index is 0.0696. The lowest BCUT2D eigenvalue weighted by molar-refractivity contribution is -0.115. The number of hydrogen-bond acceptors (Lipinski definition) is 7. The van der Waals surface area contributed by atoms with Gasteiger partial charge in [0.25, 0.3) is 11.5 Å². The average molecular weight is 587 g/mol. The number of rotatable bonds is 11. The van der Waals surface area contributed by atoms with E-state index >= 15 is 0 Å². The standard InChI is InChI=1S/C32H34N4O5S/c1-3-28(30(38)34-26-12-6-7-13-27(26)40-2)42-32-35-25-11-5-4-10-24(25)31(39)36(32)20-21-14-16-22(17-15-21)29(37)33-19-23-9-8-18-41-23/h4-7,10-17,23,28H,3,8-9,18-20H2,1-2H3,(H,33,37)(H,34,38)/t23-,28+/m0/s1. The predicted molar refractivity (Wildman–Crippen MR) is 164 cm³/mol. The fourth-order valence-corrected chi connectivity index (χ4v) is 5.86. The zero-order valence-corrected chi connectivity index (χ0v) is 24.5. The lowest BCUT2D eigenvalue weighted by atomic mass is 10.1. The number of hydrogen-bond donors (Lipinski definition) is 2. The van der Waals surface area contributed by atoms with Gasteiger partial charge in [0.1, 0.15) is 5.75 Å². The zero-order valence-electron chi connectivity index (χ0n) is 23.7. The molecule has 1 aliphatic rings. The molecule has 0 aliphatic carbocycles. The van der Waals surface area contributed by atoms with E-state index in [1.165, 1.54) is 11.8 Å². The summed E-state index contributed by atoms with van der Waals surface area (Å²) < 4.78 is 12.6. The minimum atomic E-state index is -0.510. The first-order valence-electron chi connectivity index (χ1n) is 14.1. The van der Waals surface area contributed by atoms with Crippen LogP contribution in [0.5, 0.6) is 5.75 Å². The highest BCUT2D eigenvalue weighted by atomic mass is 32.2. The van der Waals surface area contributed by atoms with Gasteiger partial charge in [0.05, 0.1) is 41.6 Å². The van der Waals surface area contributed by atoms with Crippen molar-refractivity contribution in [1.82, 2.24) is 14.9 Å². The van der Waals surface area contributed by atoms with Crippen molar-refractivity contribution >= 4 is 40.2 Å². The first-order chi connectivity index (χ1) is 20.5. The number of benzene rings is 3. The van der Waals surface area contributed by atoms with Gasteiger partial charge in [-0.1, -0.05) is 55.1 Å². The molecule has 1 aliphatic heterocycles. The lowest BCUT2D eigenvalue weighted by Gasteiger charge is -2.19. The summed E-state index contributed by atoms with van der Waals surface area (Å²) in [6.07, 6.45) is 2.56. The second-order valence-corrected chi connectivity index (χ2v) is 11.2. The Morgan fingerprint density at radius 1 is 1.10 bits per heavy atom. The van der Waals surface area contributed by atoms with Gasteiger partial charge in [0.15, 0.2) is 5.16 Å². The Balaban J connectivity index is 1.37. The van der Waals surface area contributed by atoms with Gasteiger partial charge in [0, 0.05) is 18.7 Å². The predicted octanol–water partition coefficient (Wildman–Crippen LogP) is 4.87. The van der Waals surface area contributed by atoms with Gasteiger partial charge in [-0.15, -0.1) is 0 Å². The monoisotopic (exact) mass is 586 g/mol. The third-order valence-electron chi connectivity index (χ3n) is 7.17. The molecule has 2 atom stereocenters. The van der Waals surface area contributed by atoms with Crippen LogP contribution < -0.4 is 20.9 Å². The number of ether oxygens (including phenoxy) is 2. The highest BCUT2D eigenvalue weighted by Gasteiger charge is 2.23. The van der Waals surface area contributed by atoms with Gasteiger partial charge in [-0.2, -0.15) is 0 Å². The van der Waals surface area contributed by atoms with Gasteiger partial charge in [-0.3, -0.25) is 19.0 Å². The molecule has 2 amide bonds. The SMILES string of the molecule is CC[C@@H](Sc1nc2ccccc2c(=O)n1Cc1ccc(C(=O)NC[C@@H]2CCCO2)cc1)C(=O)Nc1ccccc1OC. The number of nitrogens with zero attached hydrogens (tertiary/aromatic N) is 2. The van der Waals surface area contributed by atoms with Gasteiger partial charge in [-0.05, 0) is 61.2 Å². The van der Waals surface area contributed by atoms with Crippen LogP contribution in [-0.2, 0) is 16.1 Å². The maximum atomic E-state index is 13.7. The van der Waals surface area contributed by atoms with E-state index in [9.17, 15) is 14.4 Å². The summed E-state index contributed by atoms with van der Waals surface area (Å²) in [5, 5.41) is 6.32. The molecule has 1 aromatic heterocycles. The second-order valence-electron chi connectivity index (χ2n) is 10.0. The molecule has 0 radical (unpaired) electrons. The quantitative estimate of drug-likeness (QED) is 0.191. The van der Waals surface area contributed by atoms with Gasteiger partial charge in [-0.25, -0.2) is 4.98 Å². The first kappa shape index (κ1) is 29.3. The van der Waals surface area contributed by atoms with E-state index in [-0.39, 0.29) is 30.0 Å². The molecule has 2 N–H and O–H groups in total. The summed E-state index contributed by atoms with van der Waals surface area (Å²) in [6, 6.07) is 21.6. The maximum Gasteiger partial charge on any atom is 0.262 e. The fourth-order valence-electron chi connectivity index (χ4n) is 4.85. The molecule has 0 spiro atoms. The normalized spacial score (nSPS) is 15.3. The molecule has 9 nitrogen and oxygen atoms in total. The molecule has 3 aromatic carbocycles. The van der Waals surface area contributed by atoms with E-state index in [2.05, 4.69) is 10.6 Å². The molecule has 2 heterocycles. The van der Waals surface area contributed by atoms with Gasteiger partial charge in [0.2, 0.25) is 5.91 Å². The Kier molecular flexibility index (Phi) is 9.55. The number of amides is 2.